The number of carbonyl (C=O) groups excluding carboxylic acids is 1. The number of nitriles is 1. The third-order valence-electron chi connectivity index (χ3n) is 6.24. The molecule has 0 saturated heterocycles. The topological polar surface area (TPSA) is 132 Å². The molecule has 10 nitrogen and oxygen atoms in total. The predicted molar refractivity (Wildman–Crippen MR) is 201 cm³/mol. The van der Waals surface area contributed by atoms with Crippen molar-refractivity contribution in [2.75, 3.05) is 26.1 Å². The van der Waals surface area contributed by atoms with Crippen molar-refractivity contribution in [3.8, 4) is 11.9 Å². The zero-order valence-corrected chi connectivity index (χ0v) is 32.1. The number of nitrogens with zero attached hydrogens (tertiary/aromatic N) is 6. The van der Waals surface area contributed by atoms with Crippen LogP contribution in [0.5, 0.6) is 0 Å². The lowest BCUT2D eigenvalue weighted by Gasteiger charge is -2.11. The summed E-state index contributed by atoms with van der Waals surface area (Å²) in [6.07, 6.45) is 3.70. The first kappa shape index (κ1) is 51.4. The average molecular weight is 738 g/mol. The predicted octanol–water partition coefficient (Wildman–Crippen LogP) is 9.76. The molecule has 290 valence electrons. The minimum Gasteiger partial charge on any atom is -0.388 e. The van der Waals surface area contributed by atoms with Gasteiger partial charge >= 0.3 is 0 Å². The smallest absolute Gasteiger partial charge is 0.285 e. The van der Waals surface area contributed by atoms with Crippen molar-refractivity contribution in [1.82, 2.24) is 25.5 Å². The van der Waals surface area contributed by atoms with E-state index in [1.165, 1.54) is 23.6 Å². The third-order valence-corrected chi connectivity index (χ3v) is 6.24. The summed E-state index contributed by atoms with van der Waals surface area (Å²) in [5, 5.41) is 26.2. The highest BCUT2D eigenvalue weighted by Gasteiger charge is 2.25. The van der Waals surface area contributed by atoms with E-state index in [1.54, 1.807) is 24.4 Å². The van der Waals surface area contributed by atoms with Gasteiger partial charge in [-0.3, -0.25) is 10.2 Å². The Kier molecular flexibility index (Phi) is 30.5. The molecule has 0 spiro atoms. The highest BCUT2D eigenvalue weighted by molar-refractivity contribution is 5.73. The van der Waals surface area contributed by atoms with Crippen molar-refractivity contribution < 1.29 is 26.7 Å². The van der Waals surface area contributed by atoms with E-state index in [9.17, 15) is 26.7 Å². The van der Waals surface area contributed by atoms with E-state index >= 15 is 0 Å². The highest BCUT2D eigenvalue weighted by Crippen LogP contribution is 2.19. The molecule has 2 heterocycles. The molecule has 0 aliphatic heterocycles. The molecule has 2 aromatic heterocycles. The standard InChI is InChI=1S/C15H16F2N6O.C9H10N2.C6H15N.C3H6.C2H3F3.C2H6/c1-10-5-4-6-18-14(10)23-13(9-24)7-12(21-23)8-19-22-20-11(2)15(3,16)17;1-7-5-8(6-10)3-4-9(7)11-2;1-4-6(5-2)7-3;1-3-2;3-1-2(4)5;1-2/h4-7,9H,2,8H2,1,3H3,(H,19,20);3-5,11H,1-2H3;6-7H,4-5H2,1-3H3;3H,1H2,2H3;2H,1H2;1-2H3. The number of halogens is 5. The van der Waals surface area contributed by atoms with Crippen LogP contribution in [-0.4, -0.2) is 60.2 Å². The van der Waals surface area contributed by atoms with Crippen molar-refractivity contribution in [3.63, 3.8) is 0 Å². The van der Waals surface area contributed by atoms with Gasteiger partial charge in [0.1, 0.15) is 12.2 Å². The summed E-state index contributed by atoms with van der Waals surface area (Å²) in [5.74, 6) is -2.57. The third kappa shape index (κ3) is 22.7. The van der Waals surface area contributed by atoms with Crippen LogP contribution >= 0.6 is 0 Å². The number of pyridine rings is 1. The number of hydrogen-bond acceptors (Lipinski definition) is 8. The van der Waals surface area contributed by atoms with E-state index in [4.69, 9.17) is 5.26 Å². The Morgan fingerprint density at radius 2 is 1.69 bits per heavy atom. The molecule has 0 aliphatic carbocycles. The van der Waals surface area contributed by atoms with Crippen molar-refractivity contribution in [3.05, 3.63) is 95.6 Å². The van der Waals surface area contributed by atoms with Crippen LogP contribution in [0.15, 0.2) is 77.9 Å². The van der Waals surface area contributed by atoms with Crippen LogP contribution in [-0.2, 0) is 6.54 Å². The van der Waals surface area contributed by atoms with Gasteiger partial charge in [-0.1, -0.05) is 51.6 Å². The van der Waals surface area contributed by atoms with Gasteiger partial charge < -0.3 is 10.6 Å². The van der Waals surface area contributed by atoms with Crippen molar-refractivity contribution in [2.24, 2.45) is 10.3 Å². The minimum atomic E-state index is -3.10. The summed E-state index contributed by atoms with van der Waals surface area (Å²) in [6.45, 7) is 19.8. The van der Waals surface area contributed by atoms with Gasteiger partial charge in [-0.15, -0.1) is 6.58 Å². The zero-order chi connectivity index (χ0) is 40.7. The van der Waals surface area contributed by atoms with Crippen molar-refractivity contribution in [2.45, 2.75) is 93.2 Å². The summed E-state index contributed by atoms with van der Waals surface area (Å²) < 4.78 is 58.3. The van der Waals surface area contributed by atoms with Gasteiger partial charge in [0.15, 0.2) is 18.8 Å². The second kappa shape index (κ2) is 30.8. The molecule has 0 amide bonds. The molecule has 0 bridgehead atoms. The highest BCUT2D eigenvalue weighted by atomic mass is 19.3. The second-order valence-electron chi connectivity index (χ2n) is 10.3. The lowest BCUT2D eigenvalue weighted by atomic mass is 10.1. The van der Waals surface area contributed by atoms with Crippen LogP contribution < -0.4 is 16.1 Å². The molecule has 0 aliphatic rings. The maximum absolute atomic E-state index is 12.9. The number of anilines is 1. The molecule has 15 heteroatoms. The maximum Gasteiger partial charge on any atom is 0.285 e. The Hall–Kier alpha value is -4.97. The molecule has 0 unspecified atom stereocenters. The minimum absolute atomic E-state index is 0.00921. The van der Waals surface area contributed by atoms with Crippen LogP contribution in [0.25, 0.3) is 5.82 Å². The molecule has 0 radical (unpaired) electrons. The number of aldehydes is 1. The van der Waals surface area contributed by atoms with Crippen LogP contribution in [0, 0.1) is 25.2 Å². The first-order chi connectivity index (χ1) is 24.6. The molecule has 0 saturated carbocycles. The molecule has 3 N–H and O–H groups in total. The molecular formula is C37H56F5N9O. The van der Waals surface area contributed by atoms with Gasteiger partial charge in [0.05, 0.1) is 23.0 Å². The molecular weight excluding hydrogens is 681 g/mol. The molecule has 0 atom stereocenters. The van der Waals surface area contributed by atoms with E-state index in [0.717, 1.165) is 22.9 Å². The normalized spacial score (nSPS) is 9.92. The number of aromatic nitrogens is 3. The van der Waals surface area contributed by atoms with Crippen LogP contribution in [0.2, 0.25) is 0 Å². The SMILES string of the molecule is C=C(NN=NCc1cc(C=O)n(-c2ncccc2C)n1)C(C)(F)F.C=CC.CC.CCC(CC)NC.CNc1ccc(C#N)cc1C.FCC(F)F. The monoisotopic (exact) mass is 737 g/mol. The number of carbonyl (C=O) groups is 1. The summed E-state index contributed by atoms with van der Waals surface area (Å²) in [6, 6.07) is 13.6. The van der Waals surface area contributed by atoms with Gasteiger partial charge in [-0.25, -0.2) is 22.8 Å². The van der Waals surface area contributed by atoms with E-state index < -0.39 is 24.7 Å². The van der Waals surface area contributed by atoms with Crippen LogP contribution in [0.1, 0.15) is 87.3 Å². The fraction of sp³-hybridized carbons (Fsp3) is 0.459. The maximum atomic E-state index is 12.9. The number of benzene rings is 1. The molecule has 3 aromatic rings. The summed E-state index contributed by atoms with van der Waals surface area (Å²) in [7, 11) is 3.88. The fourth-order valence-electron chi connectivity index (χ4n) is 3.49. The number of alkyl halides is 5. The first-order valence-corrected chi connectivity index (χ1v) is 16.6. The van der Waals surface area contributed by atoms with Gasteiger partial charge in [0, 0.05) is 31.9 Å². The van der Waals surface area contributed by atoms with Gasteiger partial charge in [-0.05, 0) is 82.1 Å². The Bertz CT molecular complexity index is 1470. The average Bonchev–Trinajstić information content (AvgIpc) is 3.55. The second-order valence-corrected chi connectivity index (χ2v) is 10.3. The zero-order valence-electron chi connectivity index (χ0n) is 32.1. The summed E-state index contributed by atoms with van der Waals surface area (Å²) >= 11 is 0. The van der Waals surface area contributed by atoms with Gasteiger partial charge in [0.25, 0.3) is 12.3 Å². The number of hydrogen-bond donors (Lipinski definition) is 3. The van der Waals surface area contributed by atoms with Crippen molar-refractivity contribution >= 4 is 12.0 Å². The largest absolute Gasteiger partial charge is 0.388 e. The van der Waals surface area contributed by atoms with E-state index in [0.29, 0.717) is 36.0 Å². The van der Waals surface area contributed by atoms with Crippen molar-refractivity contribution in [1.29, 1.82) is 5.26 Å². The van der Waals surface area contributed by atoms with Crippen LogP contribution in [0.4, 0.5) is 27.6 Å². The number of nitrogens with one attached hydrogen (secondary N) is 3. The van der Waals surface area contributed by atoms with Crippen LogP contribution in [0.3, 0.4) is 0 Å². The Morgan fingerprint density at radius 1 is 1.12 bits per heavy atom. The Labute approximate surface area is 306 Å². The van der Waals surface area contributed by atoms with E-state index in [1.807, 2.05) is 66.9 Å². The quantitative estimate of drug-likeness (QED) is 0.0554. The van der Waals surface area contributed by atoms with Gasteiger partial charge in [0.2, 0.25) is 0 Å². The lowest BCUT2D eigenvalue weighted by molar-refractivity contribution is 0.0559. The van der Waals surface area contributed by atoms with E-state index in [-0.39, 0.29) is 6.54 Å². The molecule has 3 rings (SSSR count). The van der Waals surface area contributed by atoms with Gasteiger partial charge in [-0.2, -0.15) is 24.3 Å². The van der Waals surface area contributed by atoms with E-state index in [2.05, 4.69) is 69.6 Å². The number of aryl methyl sites for hydroxylation is 2. The molecule has 52 heavy (non-hydrogen) atoms. The molecule has 1 aromatic carbocycles. The summed E-state index contributed by atoms with van der Waals surface area (Å²) in [4.78, 5) is 15.4. The number of rotatable bonds is 12. The summed E-state index contributed by atoms with van der Waals surface area (Å²) in [5.41, 5.74) is 5.99. The Balaban J connectivity index is -0.000000706. The Morgan fingerprint density at radius 3 is 2.08 bits per heavy atom. The fourth-order valence-corrected chi connectivity index (χ4v) is 3.49. The number of allylic oxidation sites excluding steroid dienone is 2. The molecule has 0 fully saturated rings. The first-order valence-electron chi connectivity index (χ1n) is 16.6. The lowest BCUT2D eigenvalue weighted by Crippen LogP contribution is -2.22.